The first kappa shape index (κ1) is 23.3. The molecule has 6 nitrogen and oxygen atoms in total. The van der Waals surface area contributed by atoms with Crippen LogP contribution in [-0.2, 0) is 32.2 Å². The number of nitrogens with zero attached hydrogens (tertiary/aromatic N) is 1. The van der Waals surface area contributed by atoms with Crippen LogP contribution in [0.2, 0.25) is 0 Å². The maximum atomic E-state index is 12.7. The molecular weight excluding hydrogens is 394 g/mol. The predicted molar refractivity (Wildman–Crippen MR) is 119 cm³/mol. The first-order valence-electron chi connectivity index (χ1n) is 10.7. The molecule has 0 aliphatic carbocycles. The van der Waals surface area contributed by atoms with Crippen molar-refractivity contribution in [2.45, 2.75) is 45.2 Å². The van der Waals surface area contributed by atoms with E-state index in [1.54, 1.807) is 4.90 Å². The van der Waals surface area contributed by atoms with Crippen LogP contribution in [0.4, 0.5) is 4.79 Å². The minimum atomic E-state index is -0.751. The molecule has 0 unspecified atom stereocenters. The highest BCUT2D eigenvalue weighted by atomic mass is 16.6. The average Bonchev–Trinajstić information content (AvgIpc) is 2.74. The van der Waals surface area contributed by atoms with Crippen LogP contribution in [0.25, 0.3) is 0 Å². The molecule has 1 amide bonds. The lowest BCUT2D eigenvalue weighted by Crippen LogP contribution is -2.59. The van der Waals surface area contributed by atoms with Gasteiger partial charge in [0.2, 0.25) is 0 Å². The Bertz CT molecular complexity index is 758. The molecule has 0 bridgehead atoms. The van der Waals surface area contributed by atoms with Crippen molar-refractivity contribution in [1.82, 2.24) is 4.90 Å². The highest BCUT2D eigenvalue weighted by Gasteiger charge is 2.40. The number of morpholine rings is 1. The first-order valence-corrected chi connectivity index (χ1v) is 10.7. The summed E-state index contributed by atoms with van der Waals surface area (Å²) in [7, 11) is 0. The van der Waals surface area contributed by atoms with E-state index in [1.165, 1.54) is 0 Å². The van der Waals surface area contributed by atoms with Crippen molar-refractivity contribution < 1.29 is 23.7 Å². The third-order valence-electron chi connectivity index (χ3n) is 4.85. The van der Waals surface area contributed by atoms with Gasteiger partial charge in [-0.2, -0.15) is 0 Å². The fraction of sp³-hybridized carbons (Fsp3) is 0.480. The van der Waals surface area contributed by atoms with Gasteiger partial charge in [-0.15, -0.1) is 0 Å². The van der Waals surface area contributed by atoms with Crippen LogP contribution >= 0.6 is 0 Å². The van der Waals surface area contributed by atoms with Gasteiger partial charge in [-0.25, -0.2) is 4.79 Å². The van der Waals surface area contributed by atoms with Crippen LogP contribution in [-0.4, -0.2) is 55.1 Å². The summed E-state index contributed by atoms with van der Waals surface area (Å²) in [5, 5.41) is 0. The molecule has 6 heteroatoms. The summed E-state index contributed by atoms with van der Waals surface area (Å²) >= 11 is 0. The molecule has 1 aliphatic rings. The Morgan fingerprint density at radius 1 is 0.935 bits per heavy atom. The number of hydrogen-bond acceptors (Lipinski definition) is 5. The van der Waals surface area contributed by atoms with Crippen molar-refractivity contribution in [3.8, 4) is 0 Å². The monoisotopic (exact) mass is 427 g/mol. The zero-order valence-corrected chi connectivity index (χ0v) is 18.7. The topological polar surface area (TPSA) is 57.2 Å². The van der Waals surface area contributed by atoms with E-state index in [-0.39, 0.29) is 6.09 Å². The van der Waals surface area contributed by atoms with Gasteiger partial charge in [0.05, 0.1) is 39.6 Å². The molecule has 1 saturated heterocycles. The molecule has 3 rings (SSSR count). The number of hydrogen-bond donors (Lipinski definition) is 0. The predicted octanol–water partition coefficient (Wildman–Crippen LogP) is 4.43. The van der Waals surface area contributed by atoms with Gasteiger partial charge in [0.15, 0.2) is 0 Å². The second-order valence-electron chi connectivity index (χ2n) is 8.89. The molecule has 2 aromatic carbocycles. The summed E-state index contributed by atoms with van der Waals surface area (Å²) in [4.78, 5) is 14.3. The van der Waals surface area contributed by atoms with Gasteiger partial charge in [-0.1, -0.05) is 60.7 Å². The Kier molecular flexibility index (Phi) is 8.07. The smallest absolute Gasteiger partial charge is 0.410 e. The van der Waals surface area contributed by atoms with Gasteiger partial charge < -0.3 is 23.8 Å². The molecule has 0 N–H and O–H groups in total. The lowest BCUT2D eigenvalue weighted by atomic mass is 10.0. The maximum Gasteiger partial charge on any atom is 0.410 e. The van der Waals surface area contributed by atoms with E-state index in [9.17, 15) is 4.79 Å². The Morgan fingerprint density at radius 3 is 1.94 bits per heavy atom. The third-order valence-corrected chi connectivity index (χ3v) is 4.85. The minimum Gasteiger partial charge on any atom is -0.444 e. The molecular formula is C25H33NO5. The normalized spacial score (nSPS) is 16.2. The summed E-state index contributed by atoms with van der Waals surface area (Å²) < 4.78 is 23.7. The van der Waals surface area contributed by atoms with Crippen molar-refractivity contribution >= 4 is 6.09 Å². The van der Waals surface area contributed by atoms with E-state index in [1.807, 2.05) is 81.4 Å². The average molecular weight is 428 g/mol. The second-order valence-corrected chi connectivity index (χ2v) is 8.89. The molecule has 168 valence electrons. The molecule has 0 aromatic heterocycles. The van der Waals surface area contributed by atoms with Crippen LogP contribution in [0.5, 0.6) is 0 Å². The van der Waals surface area contributed by atoms with Gasteiger partial charge in [-0.05, 0) is 31.9 Å². The lowest BCUT2D eigenvalue weighted by molar-refractivity contribution is -0.174. The van der Waals surface area contributed by atoms with Crippen LogP contribution in [0.3, 0.4) is 0 Å². The van der Waals surface area contributed by atoms with Crippen molar-refractivity contribution in [1.29, 1.82) is 0 Å². The highest BCUT2D eigenvalue weighted by molar-refractivity contribution is 5.68. The molecule has 1 fully saturated rings. The Hall–Kier alpha value is -2.41. The molecule has 0 saturated carbocycles. The fourth-order valence-electron chi connectivity index (χ4n) is 3.40. The molecule has 31 heavy (non-hydrogen) atoms. The van der Waals surface area contributed by atoms with Gasteiger partial charge in [-0.3, -0.25) is 0 Å². The number of ether oxygens (including phenoxy) is 4. The van der Waals surface area contributed by atoms with Gasteiger partial charge in [0.1, 0.15) is 11.2 Å². The number of rotatable bonds is 8. The van der Waals surface area contributed by atoms with Crippen molar-refractivity contribution in [2.75, 3.05) is 32.9 Å². The second kappa shape index (κ2) is 10.8. The van der Waals surface area contributed by atoms with E-state index in [0.717, 1.165) is 11.1 Å². The first-order chi connectivity index (χ1) is 14.9. The molecule has 0 atom stereocenters. The highest BCUT2D eigenvalue weighted by Crippen LogP contribution is 2.23. The van der Waals surface area contributed by atoms with Crippen molar-refractivity contribution in [3.05, 3.63) is 71.8 Å². The van der Waals surface area contributed by atoms with Gasteiger partial charge in [0, 0.05) is 6.54 Å². The van der Waals surface area contributed by atoms with Crippen molar-refractivity contribution in [2.24, 2.45) is 0 Å². The number of benzene rings is 2. The van der Waals surface area contributed by atoms with Crippen LogP contribution in [0, 0.1) is 0 Å². The Morgan fingerprint density at radius 2 is 1.45 bits per heavy atom. The van der Waals surface area contributed by atoms with Crippen LogP contribution in [0.1, 0.15) is 31.9 Å². The maximum absolute atomic E-state index is 12.7. The van der Waals surface area contributed by atoms with E-state index < -0.39 is 11.2 Å². The summed E-state index contributed by atoms with van der Waals surface area (Å²) in [6.07, 6.45) is -0.341. The van der Waals surface area contributed by atoms with Gasteiger partial charge >= 0.3 is 6.09 Å². The third kappa shape index (κ3) is 7.65. The molecule has 2 aromatic rings. The van der Waals surface area contributed by atoms with Gasteiger partial charge in [0.25, 0.3) is 0 Å². The number of carbonyl (C=O) groups excluding carboxylic acids is 1. The Labute approximate surface area is 185 Å². The minimum absolute atomic E-state index is 0.315. The Balaban J connectivity index is 1.64. The quantitative estimate of drug-likeness (QED) is 0.624. The zero-order chi connectivity index (χ0) is 22.2. The van der Waals surface area contributed by atoms with E-state index >= 15 is 0 Å². The standard InChI is InChI=1S/C25H33NO5/c1-24(2,3)31-23(27)26-14-15-30-25(18-26,19-28-16-21-10-6-4-7-11-21)20-29-17-22-12-8-5-9-13-22/h4-13H,14-20H2,1-3H3. The summed E-state index contributed by atoms with van der Waals surface area (Å²) in [6.45, 7) is 8.40. The number of amides is 1. The van der Waals surface area contributed by atoms with Crippen molar-refractivity contribution in [3.63, 3.8) is 0 Å². The van der Waals surface area contributed by atoms with Crippen LogP contribution in [0.15, 0.2) is 60.7 Å². The largest absolute Gasteiger partial charge is 0.444 e. The summed E-state index contributed by atoms with van der Waals surface area (Å²) in [5.41, 5.74) is 0.870. The molecule has 1 aliphatic heterocycles. The summed E-state index contributed by atoms with van der Waals surface area (Å²) in [5.74, 6) is 0. The van der Waals surface area contributed by atoms with E-state index in [2.05, 4.69) is 0 Å². The zero-order valence-electron chi connectivity index (χ0n) is 18.7. The molecule has 0 spiro atoms. The molecule has 1 heterocycles. The van der Waals surface area contributed by atoms with Crippen LogP contribution < -0.4 is 0 Å². The number of carbonyl (C=O) groups is 1. The van der Waals surface area contributed by atoms with E-state index in [0.29, 0.717) is 46.1 Å². The van der Waals surface area contributed by atoms with E-state index in [4.69, 9.17) is 18.9 Å². The lowest BCUT2D eigenvalue weighted by Gasteiger charge is -2.42. The summed E-state index contributed by atoms with van der Waals surface area (Å²) in [6, 6.07) is 20.0. The SMILES string of the molecule is CC(C)(C)OC(=O)N1CCOC(COCc2ccccc2)(COCc2ccccc2)C1. The fourth-order valence-corrected chi connectivity index (χ4v) is 3.40. The molecule has 0 radical (unpaired) electrons.